The number of methoxy groups -OCH3 is 2. The smallest absolute Gasteiger partial charge is 0.283 e. The first-order valence-electron chi connectivity index (χ1n) is 11.9. The molecular formula is C28H26N4O5S. The van der Waals surface area contributed by atoms with Crippen LogP contribution in [0.5, 0.6) is 17.2 Å². The summed E-state index contributed by atoms with van der Waals surface area (Å²) in [5.74, 6) is 1.54. The number of para-hydroxylation sites is 1. The lowest BCUT2D eigenvalue weighted by Crippen LogP contribution is -2.23. The third-order valence-electron chi connectivity index (χ3n) is 5.92. The van der Waals surface area contributed by atoms with Gasteiger partial charge >= 0.3 is 0 Å². The first kappa shape index (κ1) is 25.2. The van der Waals surface area contributed by atoms with E-state index in [0.29, 0.717) is 51.4 Å². The van der Waals surface area contributed by atoms with Crippen LogP contribution in [0, 0.1) is 0 Å². The van der Waals surface area contributed by atoms with Crippen LogP contribution in [0.4, 0.5) is 5.69 Å². The fourth-order valence-electron chi connectivity index (χ4n) is 4.14. The fraction of sp³-hybridized carbons (Fsp3) is 0.179. The van der Waals surface area contributed by atoms with Crippen molar-refractivity contribution in [3.63, 3.8) is 0 Å². The first-order valence-corrected chi connectivity index (χ1v) is 12.9. The molecule has 38 heavy (non-hydrogen) atoms. The summed E-state index contributed by atoms with van der Waals surface area (Å²) in [5, 5.41) is 4.10. The SMILES string of the molecule is CCOc1ccc(-n2c(SCC(=O)Nc3ccc(OC)cc3OC)nc3c([nH]c4ccccc43)c2=O)cc1. The van der Waals surface area contributed by atoms with Crippen LogP contribution >= 0.6 is 11.8 Å². The van der Waals surface area contributed by atoms with Crippen LogP contribution < -0.4 is 25.1 Å². The van der Waals surface area contributed by atoms with Crippen molar-refractivity contribution in [3.8, 4) is 22.9 Å². The third-order valence-corrected chi connectivity index (χ3v) is 6.85. The maximum Gasteiger partial charge on any atom is 0.283 e. The molecule has 0 spiro atoms. The molecule has 0 saturated carbocycles. The zero-order valence-corrected chi connectivity index (χ0v) is 21.9. The van der Waals surface area contributed by atoms with E-state index in [1.54, 1.807) is 49.6 Å². The van der Waals surface area contributed by atoms with Crippen LogP contribution in [0.3, 0.4) is 0 Å². The summed E-state index contributed by atoms with van der Waals surface area (Å²) in [7, 11) is 3.08. The molecule has 2 heterocycles. The van der Waals surface area contributed by atoms with E-state index >= 15 is 0 Å². The summed E-state index contributed by atoms with van der Waals surface area (Å²) in [6, 6.07) is 20.0. The number of nitrogens with one attached hydrogen (secondary N) is 2. The Labute approximate surface area is 222 Å². The molecule has 1 amide bonds. The van der Waals surface area contributed by atoms with Gasteiger partial charge in [0.1, 0.15) is 28.3 Å². The lowest BCUT2D eigenvalue weighted by Gasteiger charge is -2.14. The molecule has 0 saturated heterocycles. The van der Waals surface area contributed by atoms with Gasteiger partial charge < -0.3 is 24.5 Å². The molecule has 0 aliphatic carbocycles. The molecule has 0 bridgehead atoms. The zero-order chi connectivity index (χ0) is 26.6. The molecule has 0 atom stereocenters. The first-order chi connectivity index (χ1) is 18.5. The van der Waals surface area contributed by atoms with Crippen LogP contribution in [0.25, 0.3) is 27.6 Å². The lowest BCUT2D eigenvalue weighted by molar-refractivity contribution is -0.113. The van der Waals surface area contributed by atoms with Gasteiger partial charge in [-0.1, -0.05) is 30.0 Å². The second-order valence-electron chi connectivity index (χ2n) is 8.26. The van der Waals surface area contributed by atoms with E-state index in [1.165, 1.54) is 23.4 Å². The largest absolute Gasteiger partial charge is 0.497 e. The van der Waals surface area contributed by atoms with Crippen LogP contribution in [0.1, 0.15) is 6.92 Å². The van der Waals surface area contributed by atoms with Gasteiger partial charge in [-0.15, -0.1) is 0 Å². The molecule has 0 aliphatic heterocycles. The summed E-state index contributed by atoms with van der Waals surface area (Å²) < 4.78 is 17.7. The van der Waals surface area contributed by atoms with Gasteiger partial charge in [0, 0.05) is 17.0 Å². The lowest BCUT2D eigenvalue weighted by atomic mass is 10.2. The van der Waals surface area contributed by atoms with E-state index in [2.05, 4.69) is 10.3 Å². The van der Waals surface area contributed by atoms with E-state index in [1.807, 2.05) is 31.2 Å². The topological polar surface area (TPSA) is 107 Å². The molecule has 2 N–H and O–H groups in total. The molecule has 9 nitrogen and oxygen atoms in total. The number of aromatic nitrogens is 3. The van der Waals surface area contributed by atoms with Gasteiger partial charge in [-0.2, -0.15) is 0 Å². The average Bonchev–Trinajstić information content (AvgIpc) is 3.32. The maximum absolute atomic E-state index is 13.7. The van der Waals surface area contributed by atoms with Gasteiger partial charge in [0.05, 0.1) is 38.0 Å². The monoisotopic (exact) mass is 530 g/mol. The molecule has 5 rings (SSSR count). The minimum Gasteiger partial charge on any atom is -0.497 e. The fourth-order valence-corrected chi connectivity index (χ4v) is 4.95. The van der Waals surface area contributed by atoms with E-state index in [0.717, 1.165) is 10.9 Å². The number of anilines is 1. The Kier molecular flexibility index (Phi) is 7.23. The minimum absolute atomic E-state index is 0.0204. The highest BCUT2D eigenvalue weighted by Crippen LogP contribution is 2.30. The zero-order valence-electron chi connectivity index (χ0n) is 21.1. The number of ether oxygens (including phenoxy) is 3. The van der Waals surface area contributed by atoms with Crippen molar-refractivity contribution in [1.29, 1.82) is 0 Å². The predicted octanol–water partition coefficient (Wildman–Crippen LogP) is 5.01. The summed E-state index contributed by atoms with van der Waals surface area (Å²) in [6.07, 6.45) is 0. The number of thioether (sulfide) groups is 1. The number of nitrogens with zero attached hydrogens (tertiary/aromatic N) is 2. The number of hydrogen-bond acceptors (Lipinski definition) is 7. The second-order valence-corrected chi connectivity index (χ2v) is 9.20. The third kappa shape index (κ3) is 4.90. The standard InChI is InChI=1S/C28H26N4O5S/c1-4-37-18-11-9-17(10-12-18)32-27(34)26-25(20-7-5-6-8-21(20)30-26)31-28(32)38-16-24(33)29-22-14-13-19(35-2)15-23(22)36-3/h5-15,30H,4,16H2,1-3H3,(H,29,33). The van der Waals surface area contributed by atoms with Crippen LogP contribution in [0.15, 0.2) is 76.7 Å². The number of carbonyl (C=O) groups excluding carboxylic acids is 1. The van der Waals surface area contributed by atoms with Crippen molar-refractivity contribution >= 4 is 45.3 Å². The summed E-state index contributed by atoms with van der Waals surface area (Å²) in [5.41, 5.74) is 2.66. The van der Waals surface area contributed by atoms with Crippen LogP contribution in [0.2, 0.25) is 0 Å². The van der Waals surface area contributed by atoms with Gasteiger partial charge in [-0.3, -0.25) is 14.2 Å². The molecule has 0 aliphatic rings. The van der Waals surface area contributed by atoms with Gasteiger partial charge in [0.2, 0.25) is 5.91 Å². The number of aromatic amines is 1. The number of amides is 1. The minimum atomic E-state index is -0.273. The Balaban J connectivity index is 1.51. The van der Waals surface area contributed by atoms with Crippen LogP contribution in [-0.2, 0) is 4.79 Å². The van der Waals surface area contributed by atoms with E-state index in [9.17, 15) is 9.59 Å². The van der Waals surface area contributed by atoms with Crippen molar-refractivity contribution in [2.24, 2.45) is 0 Å². The number of hydrogen-bond donors (Lipinski definition) is 2. The number of H-pyrrole nitrogens is 1. The van der Waals surface area contributed by atoms with Gasteiger partial charge in [-0.25, -0.2) is 4.98 Å². The quantitative estimate of drug-likeness (QED) is 0.204. The highest BCUT2D eigenvalue weighted by Gasteiger charge is 2.19. The van der Waals surface area contributed by atoms with Gasteiger partial charge in [0.15, 0.2) is 5.16 Å². The van der Waals surface area contributed by atoms with Crippen molar-refractivity contribution in [1.82, 2.24) is 14.5 Å². The Hall–Kier alpha value is -4.44. The molecule has 0 fully saturated rings. The number of fused-ring (bicyclic) bond motifs is 3. The Bertz CT molecular complexity index is 1680. The number of carbonyl (C=O) groups is 1. The molecular weight excluding hydrogens is 504 g/mol. The normalized spacial score (nSPS) is 11.0. The van der Waals surface area contributed by atoms with Crippen molar-refractivity contribution in [3.05, 3.63) is 77.1 Å². The molecule has 0 unspecified atom stereocenters. The van der Waals surface area contributed by atoms with E-state index in [-0.39, 0.29) is 17.2 Å². The molecule has 0 radical (unpaired) electrons. The Morgan fingerprint density at radius 3 is 2.53 bits per heavy atom. The highest BCUT2D eigenvalue weighted by atomic mass is 32.2. The van der Waals surface area contributed by atoms with Gasteiger partial charge in [-0.05, 0) is 49.4 Å². The van der Waals surface area contributed by atoms with Crippen molar-refractivity contribution in [2.75, 3.05) is 31.9 Å². The average molecular weight is 531 g/mol. The summed E-state index contributed by atoms with van der Waals surface area (Å²) >= 11 is 1.17. The molecule has 3 aromatic carbocycles. The molecule has 10 heteroatoms. The second kappa shape index (κ2) is 10.9. The highest BCUT2D eigenvalue weighted by molar-refractivity contribution is 7.99. The number of benzene rings is 3. The number of rotatable bonds is 9. The summed E-state index contributed by atoms with van der Waals surface area (Å²) in [6.45, 7) is 2.45. The van der Waals surface area contributed by atoms with Crippen molar-refractivity contribution in [2.45, 2.75) is 12.1 Å². The molecule has 194 valence electrons. The van der Waals surface area contributed by atoms with Crippen molar-refractivity contribution < 1.29 is 19.0 Å². The Morgan fingerprint density at radius 2 is 1.79 bits per heavy atom. The molecule has 2 aromatic heterocycles. The van der Waals surface area contributed by atoms with E-state index in [4.69, 9.17) is 19.2 Å². The predicted molar refractivity (Wildman–Crippen MR) is 149 cm³/mol. The molecule has 5 aromatic rings. The van der Waals surface area contributed by atoms with Gasteiger partial charge in [0.25, 0.3) is 5.56 Å². The summed E-state index contributed by atoms with van der Waals surface area (Å²) in [4.78, 5) is 34.7. The Morgan fingerprint density at radius 1 is 1.03 bits per heavy atom. The maximum atomic E-state index is 13.7. The van der Waals surface area contributed by atoms with Crippen LogP contribution in [-0.4, -0.2) is 47.0 Å². The van der Waals surface area contributed by atoms with E-state index < -0.39 is 0 Å².